The summed E-state index contributed by atoms with van der Waals surface area (Å²) in [6.07, 6.45) is 3.12. The van der Waals surface area contributed by atoms with Crippen molar-refractivity contribution in [3.05, 3.63) is 63.3 Å². The van der Waals surface area contributed by atoms with Crippen molar-refractivity contribution in [3.63, 3.8) is 0 Å². The second-order valence-corrected chi connectivity index (χ2v) is 6.76. The van der Waals surface area contributed by atoms with E-state index in [9.17, 15) is 4.79 Å². The molecule has 0 fully saturated rings. The van der Waals surface area contributed by atoms with Gasteiger partial charge < -0.3 is 18.6 Å². The van der Waals surface area contributed by atoms with Crippen molar-refractivity contribution in [3.8, 4) is 11.5 Å². The molecule has 0 saturated carbocycles. The van der Waals surface area contributed by atoms with Crippen LogP contribution in [0.2, 0.25) is 0 Å². The quantitative estimate of drug-likeness (QED) is 0.277. The van der Waals surface area contributed by atoms with E-state index in [0.717, 1.165) is 14.7 Å². The van der Waals surface area contributed by atoms with Gasteiger partial charge in [-0.05, 0) is 71.0 Å². The van der Waals surface area contributed by atoms with E-state index in [1.54, 1.807) is 31.4 Å². The zero-order valence-electron chi connectivity index (χ0n) is 14.2. The summed E-state index contributed by atoms with van der Waals surface area (Å²) >= 11 is 2.16. The molecule has 7 heteroatoms. The van der Waals surface area contributed by atoms with E-state index in [-0.39, 0.29) is 11.6 Å². The number of hydrogen-bond acceptors (Lipinski definition) is 6. The average Bonchev–Trinajstić information content (AvgIpc) is 3.23. The summed E-state index contributed by atoms with van der Waals surface area (Å²) in [7, 11) is 1.56. The molecule has 1 aliphatic rings. The number of halogens is 1. The lowest BCUT2D eigenvalue weighted by Gasteiger charge is -2.13. The molecule has 0 unspecified atom stereocenters. The first kappa shape index (κ1) is 18.2. The van der Waals surface area contributed by atoms with Gasteiger partial charge in [-0.2, -0.15) is 0 Å². The molecule has 0 bridgehead atoms. The first-order valence-electron chi connectivity index (χ1n) is 7.69. The van der Waals surface area contributed by atoms with Crippen LogP contribution in [0.15, 0.2) is 57.8 Å². The summed E-state index contributed by atoms with van der Waals surface area (Å²) in [6.45, 7) is 6.11. The number of hydrogen-bond donors (Lipinski definition) is 0. The van der Waals surface area contributed by atoms with Crippen molar-refractivity contribution in [2.75, 3.05) is 13.7 Å². The van der Waals surface area contributed by atoms with Crippen LogP contribution in [0.25, 0.3) is 6.08 Å². The monoisotopic (exact) mass is 465 g/mol. The van der Waals surface area contributed by atoms with Crippen LogP contribution in [0.1, 0.15) is 18.2 Å². The lowest BCUT2D eigenvalue weighted by molar-refractivity contribution is -0.130. The number of rotatable bonds is 6. The predicted octanol–water partition coefficient (Wildman–Crippen LogP) is 4.19. The summed E-state index contributed by atoms with van der Waals surface area (Å²) < 4.78 is 22.4. The Balaban J connectivity index is 1.92. The van der Waals surface area contributed by atoms with Crippen molar-refractivity contribution < 1.29 is 23.4 Å². The third-order valence-corrected chi connectivity index (χ3v) is 4.17. The Labute approximate surface area is 164 Å². The Morgan fingerprint density at radius 1 is 1.42 bits per heavy atom. The minimum Gasteiger partial charge on any atom is -0.493 e. The number of carbonyl (C=O) groups excluding carboxylic acids is 1. The van der Waals surface area contributed by atoms with Gasteiger partial charge in [-0.25, -0.2) is 9.79 Å². The van der Waals surface area contributed by atoms with E-state index in [4.69, 9.17) is 18.6 Å². The van der Waals surface area contributed by atoms with Gasteiger partial charge in [0, 0.05) is 0 Å². The molecule has 0 N–H and O–H groups in total. The van der Waals surface area contributed by atoms with Crippen LogP contribution in [0.3, 0.4) is 0 Å². The van der Waals surface area contributed by atoms with Crippen LogP contribution in [-0.4, -0.2) is 25.6 Å². The van der Waals surface area contributed by atoms with Crippen molar-refractivity contribution in [1.29, 1.82) is 0 Å². The fourth-order valence-electron chi connectivity index (χ4n) is 2.23. The molecular formula is C19H16INO5. The van der Waals surface area contributed by atoms with E-state index in [1.165, 1.54) is 6.26 Å². The zero-order valence-corrected chi connectivity index (χ0v) is 16.4. The molecule has 0 aliphatic carbocycles. The second kappa shape index (κ2) is 7.77. The Morgan fingerprint density at radius 3 is 2.88 bits per heavy atom. The number of aliphatic imine (C=N–C) groups is 1. The highest BCUT2D eigenvalue weighted by atomic mass is 127. The molecule has 6 nitrogen and oxygen atoms in total. The molecule has 134 valence electrons. The van der Waals surface area contributed by atoms with Gasteiger partial charge in [0.1, 0.15) is 6.61 Å². The molecule has 3 rings (SSSR count). The van der Waals surface area contributed by atoms with Crippen molar-refractivity contribution >= 4 is 40.5 Å². The first-order valence-corrected chi connectivity index (χ1v) is 8.77. The summed E-state index contributed by atoms with van der Waals surface area (Å²) in [5, 5.41) is 0. The van der Waals surface area contributed by atoms with Gasteiger partial charge in [-0.3, -0.25) is 0 Å². The Bertz CT molecular complexity index is 912. The van der Waals surface area contributed by atoms with E-state index in [1.807, 2.05) is 13.0 Å². The number of cyclic esters (lactones) is 1. The van der Waals surface area contributed by atoms with Crippen LogP contribution in [-0.2, 0) is 9.53 Å². The van der Waals surface area contributed by atoms with Crippen LogP contribution in [0, 0.1) is 3.57 Å². The number of esters is 1. The molecule has 0 saturated heterocycles. The van der Waals surface area contributed by atoms with Crippen LogP contribution >= 0.6 is 22.6 Å². The number of carbonyl (C=O) groups is 1. The normalized spacial score (nSPS) is 15.0. The van der Waals surface area contributed by atoms with Gasteiger partial charge in [0.05, 0.1) is 16.9 Å². The maximum Gasteiger partial charge on any atom is 0.363 e. The number of nitrogens with zero attached hydrogens (tertiary/aromatic N) is 1. The summed E-state index contributed by atoms with van der Waals surface area (Å²) in [5.74, 6) is 1.21. The lowest BCUT2D eigenvalue weighted by atomic mass is 10.1. The number of ether oxygens (including phenoxy) is 3. The third kappa shape index (κ3) is 3.98. The highest BCUT2D eigenvalue weighted by Gasteiger charge is 2.26. The molecule has 0 spiro atoms. The second-order valence-electron chi connectivity index (χ2n) is 5.59. The van der Waals surface area contributed by atoms with Crippen LogP contribution in [0.4, 0.5) is 0 Å². The molecule has 1 aliphatic heterocycles. The molecular weight excluding hydrogens is 449 g/mol. The highest BCUT2D eigenvalue weighted by molar-refractivity contribution is 14.1. The smallest absolute Gasteiger partial charge is 0.363 e. The predicted molar refractivity (Wildman–Crippen MR) is 105 cm³/mol. The maximum absolute atomic E-state index is 12.1. The molecule has 26 heavy (non-hydrogen) atoms. The first-order chi connectivity index (χ1) is 12.5. The molecule has 0 amide bonds. The Morgan fingerprint density at radius 2 is 2.23 bits per heavy atom. The number of methoxy groups -OCH3 is 1. The molecule has 1 aromatic carbocycles. The average molecular weight is 465 g/mol. The van der Waals surface area contributed by atoms with Gasteiger partial charge >= 0.3 is 5.97 Å². The van der Waals surface area contributed by atoms with Crippen LogP contribution in [0.5, 0.6) is 11.5 Å². The Kier molecular flexibility index (Phi) is 5.46. The Hall–Kier alpha value is -2.55. The summed E-state index contributed by atoms with van der Waals surface area (Å²) in [4.78, 5) is 16.3. The molecule has 1 aromatic heterocycles. The lowest BCUT2D eigenvalue weighted by Crippen LogP contribution is -2.04. The van der Waals surface area contributed by atoms with Gasteiger partial charge in [0.25, 0.3) is 5.90 Å². The van der Waals surface area contributed by atoms with Crippen LogP contribution < -0.4 is 9.47 Å². The van der Waals surface area contributed by atoms with Gasteiger partial charge in [-0.1, -0.05) is 6.58 Å². The highest BCUT2D eigenvalue weighted by Crippen LogP contribution is 2.35. The fraction of sp³-hybridized carbons (Fsp3) is 0.158. The largest absolute Gasteiger partial charge is 0.493 e. The van der Waals surface area contributed by atoms with Gasteiger partial charge in [0.2, 0.25) is 0 Å². The van der Waals surface area contributed by atoms with E-state index < -0.39 is 5.97 Å². The number of benzene rings is 1. The molecule has 2 heterocycles. The fourth-order valence-corrected chi connectivity index (χ4v) is 3.01. The molecule has 2 aromatic rings. The van der Waals surface area contributed by atoms with E-state index in [0.29, 0.717) is 23.9 Å². The van der Waals surface area contributed by atoms with E-state index >= 15 is 0 Å². The van der Waals surface area contributed by atoms with Gasteiger partial charge in [-0.15, -0.1) is 0 Å². The summed E-state index contributed by atoms with van der Waals surface area (Å²) in [6, 6.07) is 7.02. The number of furan rings is 1. The molecule has 0 radical (unpaired) electrons. The molecule has 0 atom stereocenters. The topological polar surface area (TPSA) is 70.3 Å². The van der Waals surface area contributed by atoms with Crippen molar-refractivity contribution in [2.24, 2.45) is 4.99 Å². The van der Waals surface area contributed by atoms with E-state index in [2.05, 4.69) is 34.2 Å². The van der Waals surface area contributed by atoms with Crippen molar-refractivity contribution in [2.45, 2.75) is 6.92 Å². The minimum absolute atomic E-state index is 0.148. The SMILES string of the molecule is C=C(C)COc1c(I)cc(/C=C2\N=C(c3ccco3)OC2=O)cc1OC. The maximum atomic E-state index is 12.1. The summed E-state index contributed by atoms with van der Waals surface area (Å²) in [5.41, 5.74) is 1.83. The zero-order chi connectivity index (χ0) is 18.7. The third-order valence-electron chi connectivity index (χ3n) is 3.37. The van der Waals surface area contributed by atoms with Crippen molar-refractivity contribution in [1.82, 2.24) is 0 Å². The van der Waals surface area contributed by atoms with Gasteiger partial charge in [0.15, 0.2) is 23.0 Å². The minimum atomic E-state index is -0.534. The standard InChI is InChI=1S/C19H16INO5/c1-11(2)10-25-17-13(20)7-12(9-16(17)23-3)8-14-19(22)26-18(21-14)15-5-4-6-24-15/h4-9H,1,10H2,2-3H3/b14-8-.